The molecule has 1 aliphatic rings. The Labute approximate surface area is 74.3 Å². The third-order valence-corrected chi connectivity index (χ3v) is 1.89. The molecule has 1 aliphatic heterocycles. The maximum absolute atomic E-state index is 5.37. The van der Waals surface area contributed by atoms with Crippen molar-refractivity contribution in [3.8, 4) is 0 Å². The molecule has 2 heteroatoms. The summed E-state index contributed by atoms with van der Waals surface area (Å²) < 4.78 is 5.37. The van der Waals surface area contributed by atoms with Crippen LogP contribution in [0.1, 0.15) is 33.6 Å². The molecular weight excluding hydrogens is 150 g/mol. The Kier molecular flexibility index (Phi) is 3.32. The fraction of sp³-hybridized carbons (Fsp3) is 0.700. The summed E-state index contributed by atoms with van der Waals surface area (Å²) in [5, 5.41) is 0. The molecule has 1 rings (SSSR count). The van der Waals surface area contributed by atoms with Gasteiger partial charge in [-0.2, -0.15) is 0 Å². The van der Waals surface area contributed by atoms with Crippen LogP contribution in [0.15, 0.2) is 16.8 Å². The molecular formula is C10H17NO. The van der Waals surface area contributed by atoms with Crippen LogP contribution >= 0.6 is 0 Å². The van der Waals surface area contributed by atoms with Gasteiger partial charge in [0.15, 0.2) is 5.90 Å². The Morgan fingerprint density at radius 3 is 2.92 bits per heavy atom. The molecule has 0 atom stereocenters. The lowest BCUT2D eigenvalue weighted by Gasteiger charge is -2.12. The molecule has 0 aromatic rings. The van der Waals surface area contributed by atoms with Gasteiger partial charge in [0.05, 0.1) is 6.61 Å². The van der Waals surface area contributed by atoms with E-state index in [1.165, 1.54) is 0 Å². The standard InChI is InChI=1S/C10H17NO/c1-8(2)10-6-4-5-7-12-9(3)11-10/h6,8H,4-5,7H2,1-3H3/b10-6+,11-9?. The van der Waals surface area contributed by atoms with E-state index in [0.717, 1.165) is 31.0 Å². The number of rotatable bonds is 1. The zero-order valence-corrected chi connectivity index (χ0v) is 8.13. The molecule has 0 radical (unpaired) electrons. The molecule has 0 spiro atoms. The topological polar surface area (TPSA) is 21.6 Å². The Bertz CT molecular complexity index is 204. The van der Waals surface area contributed by atoms with Gasteiger partial charge in [0.25, 0.3) is 0 Å². The highest BCUT2D eigenvalue weighted by Gasteiger charge is 2.04. The Balaban J connectivity index is 2.73. The molecule has 0 aromatic heterocycles. The smallest absolute Gasteiger partial charge is 0.184 e. The first-order valence-electron chi connectivity index (χ1n) is 4.58. The van der Waals surface area contributed by atoms with Gasteiger partial charge in [0, 0.05) is 12.6 Å². The van der Waals surface area contributed by atoms with Gasteiger partial charge in [-0.1, -0.05) is 19.9 Å². The average molecular weight is 167 g/mol. The minimum Gasteiger partial charge on any atom is -0.481 e. The van der Waals surface area contributed by atoms with Gasteiger partial charge in [0.1, 0.15) is 0 Å². The molecule has 2 nitrogen and oxygen atoms in total. The van der Waals surface area contributed by atoms with Gasteiger partial charge >= 0.3 is 0 Å². The van der Waals surface area contributed by atoms with Gasteiger partial charge in [-0.15, -0.1) is 0 Å². The Morgan fingerprint density at radius 1 is 1.50 bits per heavy atom. The normalized spacial score (nSPS) is 23.3. The maximum Gasteiger partial charge on any atom is 0.184 e. The molecule has 68 valence electrons. The van der Waals surface area contributed by atoms with Crippen molar-refractivity contribution in [2.45, 2.75) is 33.6 Å². The molecule has 1 heterocycles. The quantitative estimate of drug-likeness (QED) is 0.588. The minimum atomic E-state index is 0.502. The van der Waals surface area contributed by atoms with Crippen molar-refractivity contribution in [2.75, 3.05) is 6.61 Å². The summed E-state index contributed by atoms with van der Waals surface area (Å²) in [6.45, 7) is 7.03. The van der Waals surface area contributed by atoms with Gasteiger partial charge in [-0.05, 0) is 18.8 Å². The van der Waals surface area contributed by atoms with Crippen LogP contribution in [-0.4, -0.2) is 12.5 Å². The molecule has 12 heavy (non-hydrogen) atoms. The van der Waals surface area contributed by atoms with E-state index in [9.17, 15) is 0 Å². The molecule has 0 amide bonds. The lowest BCUT2D eigenvalue weighted by atomic mass is 10.1. The molecule has 0 aromatic carbocycles. The second kappa shape index (κ2) is 4.29. The summed E-state index contributed by atoms with van der Waals surface area (Å²) in [4.78, 5) is 4.39. The predicted molar refractivity (Wildman–Crippen MR) is 51.2 cm³/mol. The van der Waals surface area contributed by atoms with E-state index in [4.69, 9.17) is 4.74 Å². The summed E-state index contributed by atoms with van der Waals surface area (Å²) in [5.41, 5.74) is 1.16. The summed E-state index contributed by atoms with van der Waals surface area (Å²) in [6, 6.07) is 0. The summed E-state index contributed by atoms with van der Waals surface area (Å²) in [5.74, 6) is 1.30. The number of nitrogens with zero attached hydrogens (tertiary/aromatic N) is 1. The first-order valence-corrected chi connectivity index (χ1v) is 4.58. The van der Waals surface area contributed by atoms with E-state index in [1.54, 1.807) is 0 Å². The number of ether oxygens (including phenoxy) is 1. The van der Waals surface area contributed by atoms with Crippen molar-refractivity contribution in [3.63, 3.8) is 0 Å². The monoisotopic (exact) mass is 167 g/mol. The summed E-state index contributed by atoms with van der Waals surface area (Å²) in [6.07, 6.45) is 4.41. The molecule has 0 saturated carbocycles. The first kappa shape index (κ1) is 9.30. The lowest BCUT2D eigenvalue weighted by molar-refractivity contribution is 0.293. The highest BCUT2D eigenvalue weighted by atomic mass is 16.5. The second-order valence-electron chi connectivity index (χ2n) is 3.41. The highest BCUT2D eigenvalue weighted by Crippen LogP contribution is 2.15. The van der Waals surface area contributed by atoms with Crippen molar-refractivity contribution in [2.24, 2.45) is 10.9 Å². The molecule has 0 unspecified atom stereocenters. The van der Waals surface area contributed by atoms with Crippen LogP contribution in [-0.2, 0) is 4.74 Å². The lowest BCUT2D eigenvalue weighted by Crippen LogP contribution is -2.06. The van der Waals surface area contributed by atoms with Crippen LogP contribution < -0.4 is 0 Å². The molecule has 0 fully saturated rings. The molecule has 0 bridgehead atoms. The molecule has 0 aliphatic carbocycles. The number of aliphatic imine (C=N–C) groups is 1. The largest absolute Gasteiger partial charge is 0.481 e. The molecule has 0 saturated heterocycles. The third-order valence-electron chi connectivity index (χ3n) is 1.89. The number of hydrogen-bond acceptors (Lipinski definition) is 2. The average Bonchev–Trinajstić information content (AvgIpc) is 1.95. The van der Waals surface area contributed by atoms with Gasteiger partial charge < -0.3 is 4.74 Å². The zero-order valence-electron chi connectivity index (χ0n) is 8.13. The van der Waals surface area contributed by atoms with E-state index in [0.29, 0.717) is 5.92 Å². The predicted octanol–water partition coefficient (Wildman–Crippen LogP) is 2.76. The molecule has 0 N–H and O–H groups in total. The van der Waals surface area contributed by atoms with Crippen LogP contribution in [0.25, 0.3) is 0 Å². The van der Waals surface area contributed by atoms with Crippen LogP contribution in [0, 0.1) is 5.92 Å². The first-order chi connectivity index (χ1) is 5.70. The van der Waals surface area contributed by atoms with Crippen molar-refractivity contribution < 1.29 is 4.74 Å². The van der Waals surface area contributed by atoms with E-state index in [2.05, 4.69) is 24.9 Å². The van der Waals surface area contributed by atoms with Crippen molar-refractivity contribution in [3.05, 3.63) is 11.8 Å². The van der Waals surface area contributed by atoms with Crippen LogP contribution in [0.3, 0.4) is 0 Å². The van der Waals surface area contributed by atoms with Crippen LogP contribution in [0.4, 0.5) is 0 Å². The van der Waals surface area contributed by atoms with Gasteiger partial charge in [-0.3, -0.25) is 0 Å². The second-order valence-corrected chi connectivity index (χ2v) is 3.41. The van der Waals surface area contributed by atoms with E-state index >= 15 is 0 Å². The van der Waals surface area contributed by atoms with E-state index in [-0.39, 0.29) is 0 Å². The highest BCUT2D eigenvalue weighted by molar-refractivity contribution is 5.74. The summed E-state index contributed by atoms with van der Waals surface area (Å²) >= 11 is 0. The van der Waals surface area contributed by atoms with Crippen molar-refractivity contribution in [1.82, 2.24) is 0 Å². The van der Waals surface area contributed by atoms with Gasteiger partial charge in [0.2, 0.25) is 0 Å². The number of hydrogen-bond donors (Lipinski definition) is 0. The number of allylic oxidation sites excluding steroid dienone is 2. The zero-order chi connectivity index (χ0) is 8.97. The van der Waals surface area contributed by atoms with Crippen molar-refractivity contribution in [1.29, 1.82) is 0 Å². The Hall–Kier alpha value is -0.790. The van der Waals surface area contributed by atoms with Crippen molar-refractivity contribution >= 4 is 5.90 Å². The Morgan fingerprint density at radius 2 is 2.25 bits per heavy atom. The fourth-order valence-corrected chi connectivity index (χ4v) is 1.18. The van der Waals surface area contributed by atoms with Crippen LogP contribution in [0.5, 0.6) is 0 Å². The maximum atomic E-state index is 5.37. The van der Waals surface area contributed by atoms with E-state index < -0.39 is 0 Å². The fourth-order valence-electron chi connectivity index (χ4n) is 1.18. The minimum absolute atomic E-state index is 0.502. The van der Waals surface area contributed by atoms with Gasteiger partial charge in [-0.25, -0.2) is 4.99 Å². The van der Waals surface area contributed by atoms with Crippen LogP contribution in [0.2, 0.25) is 0 Å². The SMILES string of the molecule is CC1=N/C(C(C)C)=C/CCCO1. The third kappa shape index (κ3) is 2.68. The van der Waals surface area contributed by atoms with E-state index in [1.807, 2.05) is 6.92 Å². The summed E-state index contributed by atoms with van der Waals surface area (Å²) in [7, 11) is 0.